The molecule has 1 aromatic rings. The number of carbonyl (C=O) groups is 1. The first-order valence-electron chi connectivity index (χ1n) is 11.3. The molecule has 202 valence electrons. The van der Waals surface area contributed by atoms with E-state index >= 15 is 0 Å². The fourth-order valence-electron chi connectivity index (χ4n) is 4.84. The number of carbonyl (C=O) groups excluding carboxylic acids is 1. The Kier molecular flexibility index (Phi) is 7.38. The number of aromatic hydroxyl groups is 2. The Bertz CT molecular complexity index is 1120. The van der Waals surface area contributed by atoms with Gasteiger partial charge in [-0.25, -0.2) is 4.79 Å². The molecular weight excluding hydrogens is 502 g/mol. The summed E-state index contributed by atoms with van der Waals surface area (Å²) in [6.45, 7) is 0.285. The summed E-state index contributed by atoms with van der Waals surface area (Å²) in [5.41, 5.74) is -0.216. The van der Waals surface area contributed by atoms with Crippen LogP contribution in [0.5, 0.6) is 17.2 Å². The third-order valence-corrected chi connectivity index (χ3v) is 8.79. The number of phenolic OH excluding ortho intramolecular Hbond substituents is 2. The quantitative estimate of drug-likeness (QED) is 0.247. The molecule has 3 heterocycles. The third kappa shape index (κ3) is 4.28. The highest BCUT2D eigenvalue weighted by atomic mass is 32.2. The van der Waals surface area contributed by atoms with Crippen LogP contribution in [-0.2, 0) is 26.2 Å². The zero-order valence-electron chi connectivity index (χ0n) is 20.1. The van der Waals surface area contributed by atoms with Crippen molar-refractivity contribution < 1.29 is 53.0 Å². The minimum atomic E-state index is -3.59. The van der Waals surface area contributed by atoms with Crippen molar-refractivity contribution in [3.8, 4) is 17.2 Å². The highest BCUT2D eigenvalue weighted by molar-refractivity contribution is 7.86. The first-order chi connectivity index (χ1) is 16.9. The number of esters is 1. The molecule has 4 rings (SSSR count). The average Bonchev–Trinajstić information content (AvgIpc) is 2.84. The van der Waals surface area contributed by atoms with E-state index in [2.05, 4.69) is 0 Å². The van der Waals surface area contributed by atoms with Gasteiger partial charge in [-0.2, -0.15) is 17.0 Å². The molecule has 5 unspecified atom stereocenters. The van der Waals surface area contributed by atoms with E-state index in [1.54, 1.807) is 0 Å². The number of benzene rings is 1. The van der Waals surface area contributed by atoms with Crippen LogP contribution in [0, 0.1) is 0 Å². The lowest BCUT2D eigenvalue weighted by Crippen LogP contribution is -2.58. The van der Waals surface area contributed by atoms with Gasteiger partial charge in [-0.05, 0) is 0 Å². The molecule has 3 aliphatic heterocycles. The van der Waals surface area contributed by atoms with Crippen LogP contribution >= 0.6 is 0 Å². The fourth-order valence-corrected chi connectivity index (χ4v) is 5.92. The van der Waals surface area contributed by atoms with Crippen LogP contribution in [0.1, 0.15) is 27.6 Å². The van der Waals surface area contributed by atoms with Gasteiger partial charge in [0, 0.05) is 57.9 Å². The monoisotopic (exact) mass is 533 g/mol. The standard InChI is InChI=1S/C21H31N3O11S/c1-22(2)36(31,32)24-6-4-23(5-7-24)8-10-12-13(16(28)19(33-3)14(10)26)18-20(35-21(12)30)17(29)15(27)11(9-25)34-18/h11,15,17-18,20,25-29H,4-9H2,1-3H3. The third-order valence-electron chi connectivity index (χ3n) is 6.85. The van der Waals surface area contributed by atoms with Crippen molar-refractivity contribution in [2.24, 2.45) is 0 Å². The highest BCUT2D eigenvalue weighted by Crippen LogP contribution is 2.52. The lowest BCUT2D eigenvalue weighted by atomic mass is 9.84. The van der Waals surface area contributed by atoms with Crippen LogP contribution < -0.4 is 4.74 Å². The summed E-state index contributed by atoms with van der Waals surface area (Å²) >= 11 is 0. The maximum absolute atomic E-state index is 13.1. The van der Waals surface area contributed by atoms with Crippen molar-refractivity contribution in [1.82, 2.24) is 13.5 Å². The molecule has 0 aromatic heterocycles. The fraction of sp³-hybridized carbons (Fsp3) is 0.667. The van der Waals surface area contributed by atoms with Crippen LogP contribution in [0.25, 0.3) is 0 Å². The first kappa shape index (κ1) is 26.8. The van der Waals surface area contributed by atoms with Crippen molar-refractivity contribution in [1.29, 1.82) is 0 Å². The first-order valence-corrected chi connectivity index (χ1v) is 12.7. The van der Waals surface area contributed by atoms with E-state index in [1.165, 1.54) is 25.5 Å². The van der Waals surface area contributed by atoms with Gasteiger partial charge in [0.05, 0.1) is 19.3 Å². The molecule has 2 saturated heterocycles. The zero-order valence-corrected chi connectivity index (χ0v) is 20.9. The number of methoxy groups -OCH3 is 1. The smallest absolute Gasteiger partial charge is 0.339 e. The summed E-state index contributed by atoms with van der Waals surface area (Å²) in [6, 6.07) is 0. The molecular formula is C21H31N3O11S. The van der Waals surface area contributed by atoms with Gasteiger partial charge in [0.15, 0.2) is 17.6 Å². The van der Waals surface area contributed by atoms with Gasteiger partial charge in [-0.1, -0.05) is 0 Å². The Morgan fingerprint density at radius 1 is 1.08 bits per heavy atom. The van der Waals surface area contributed by atoms with Crippen LogP contribution in [0.2, 0.25) is 0 Å². The number of nitrogens with zero attached hydrogens (tertiary/aromatic N) is 3. The molecule has 5 N–H and O–H groups in total. The minimum absolute atomic E-state index is 0.0122. The second-order valence-corrected chi connectivity index (χ2v) is 11.2. The Balaban J connectivity index is 1.71. The molecule has 0 amide bonds. The van der Waals surface area contributed by atoms with Crippen molar-refractivity contribution in [2.45, 2.75) is 37.1 Å². The molecule has 2 fully saturated rings. The number of hydrogen-bond acceptors (Lipinski definition) is 12. The molecule has 0 radical (unpaired) electrons. The summed E-state index contributed by atoms with van der Waals surface area (Å²) in [4.78, 5) is 14.9. The molecule has 0 saturated carbocycles. The molecule has 15 heteroatoms. The van der Waals surface area contributed by atoms with E-state index < -0.39 is 64.8 Å². The average molecular weight is 534 g/mol. The van der Waals surface area contributed by atoms with Gasteiger partial charge in [0.25, 0.3) is 10.2 Å². The molecule has 3 aliphatic rings. The van der Waals surface area contributed by atoms with Gasteiger partial charge in [0.1, 0.15) is 24.4 Å². The minimum Gasteiger partial charge on any atom is -0.504 e. The van der Waals surface area contributed by atoms with E-state index in [4.69, 9.17) is 14.2 Å². The Hall–Kier alpha value is -2.24. The molecule has 36 heavy (non-hydrogen) atoms. The van der Waals surface area contributed by atoms with Crippen LogP contribution in [0.15, 0.2) is 0 Å². The van der Waals surface area contributed by atoms with Crippen molar-refractivity contribution >= 4 is 16.2 Å². The summed E-state index contributed by atoms with van der Waals surface area (Å²) in [7, 11) is 0.507. The van der Waals surface area contributed by atoms with Gasteiger partial charge < -0.3 is 39.7 Å². The normalized spacial score (nSPS) is 29.5. The van der Waals surface area contributed by atoms with Gasteiger partial charge in [-0.3, -0.25) is 4.90 Å². The largest absolute Gasteiger partial charge is 0.504 e. The molecule has 1 aromatic carbocycles. The lowest BCUT2D eigenvalue weighted by molar-refractivity contribution is -0.235. The summed E-state index contributed by atoms with van der Waals surface area (Å²) in [5.74, 6) is -2.37. The predicted molar refractivity (Wildman–Crippen MR) is 122 cm³/mol. The number of ether oxygens (including phenoxy) is 3. The van der Waals surface area contributed by atoms with Gasteiger partial charge >= 0.3 is 5.97 Å². The van der Waals surface area contributed by atoms with E-state index in [0.29, 0.717) is 13.1 Å². The maximum atomic E-state index is 13.1. The van der Waals surface area contributed by atoms with Crippen LogP contribution in [-0.4, -0.2) is 132 Å². The van der Waals surface area contributed by atoms with Crippen molar-refractivity contribution in [3.05, 3.63) is 16.7 Å². The summed E-state index contributed by atoms with van der Waals surface area (Å²) in [5, 5.41) is 52.1. The van der Waals surface area contributed by atoms with Crippen LogP contribution in [0.3, 0.4) is 0 Å². The number of phenols is 2. The number of fused-ring (bicyclic) bond motifs is 3. The summed E-state index contributed by atoms with van der Waals surface area (Å²) in [6.07, 6.45) is -7.01. The Morgan fingerprint density at radius 3 is 2.28 bits per heavy atom. The number of hydrogen-bond donors (Lipinski definition) is 5. The van der Waals surface area contributed by atoms with Crippen molar-refractivity contribution in [2.75, 3.05) is 54.0 Å². The number of rotatable bonds is 6. The predicted octanol–water partition coefficient (Wildman–Crippen LogP) is -2.28. The van der Waals surface area contributed by atoms with E-state index in [0.717, 1.165) is 4.31 Å². The van der Waals surface area contributed by atoms with Gasteiger partial charge in [0.2, 0.25) is 5.75 Å². The molecule has 5 atom stereocenters. The maximum Gasteiger partial charge on any atom is 0.339 e. The topological polar surface area (TPSA) is 190 Å². The van der Waals surface area contributed by atoms with Gasteiger partial charge in [-0.15, -0.1) is 0 Å². The zero-order chi connectivity index (χ0) is 26.5. The molecule has 14 nitrogen and oxygen atoms in total. The molecule has 0 spiro atoms. The van der Waals surface area contributed by atoms with E-state index in [-0.39, 0.29) is 42.1 Å². The lowest BCUT2D eigenvalue weighted by Gasteiger charge is -2.45. The molecule has 0 bridgehead atoms. The van der Waals surface area contributed by atoms with Crippen molar-refractivity contribution in [3.63, 3.8) is 0 Å². The summed E-state index contributed by atoms with van der Waals surface area (Å²) < 4.78 is 43.5. The SMILES string of the molecule is COc1c(O)c(CN2CCN(S(=O)(=O)N(C)C)CC2)c2c(c1O)C1OC(CO)C(O)C(O)C1OC2=O. The number of aliphatic hydroxyl groups is 3. The Labute approximate surface area is 208 Å². The van der Waals surface area contributed by atoms with E-state index in [1.807, 2.05) is 4.90 Å². The number of piperazine rings is 1. The second kappa shape index (κ2) is 9.90. The number of aliphatic hydroxyl groups excluding tert-OH is 3. The highest BCUT2D eigenvalue weighted by Gasteiger charge is 2.53. The second-order valence-electron chi connectivity index (χ2n) is 9.09. The van der Waals surface area contributed by atoms with Crippen LogP contribution in [0.4, 0.5) is 0 Å². The molecule has 0 aliphatic carbocycles. The van der Waals surface area contributed by atoms with E-state index in [9.17, 15) is 38.7 Å². The Morgan fingerprint density at radius 2 is 1.72 bits per heavy atom.